The Labute approximate surface area is 182 Å². The van der Waals surface area contributed by atoms with Crippen LogP contribution in [0.2, 0.25) is 0 Å². The van der Waals surface area contributed by atoms with Gasteiger partial charge < -0.3 is 26.4 Å². The summed E-state index contributed by atoms with van der Waals surface area (Å²) in [6.45, 7) is 10.2. The van der Waals surface area contributed by atoms with Crippen molar-refractivity contribution in [3.8, 4) is 0 Å². The second-order valence-corrected chi connectivity index (χ2v) is 8.23. The summed E-state index contributed by atoms with van der Waals surface area (Å²) in [6.07, 6.45) is 8.93. The van der Waals surface area contributed by atoms with Gasteiger partial charge in [-0.15, -0.1) is 0 Å². The molecule has 0 aromatic heterocycles. The van der Waals surface area contributed by atoms with Crippen LogP contribution in [0.1, 0.15) is 64.7 Å². The Morgan fingerprint density at radius 3 is 1.80 bits per heavy atom. The van der Waals surface area contributed by atoms with E-state index in [1.165, 1.54) is 19.3 Å². The van der Waals surface area contributed by atoms with Gasteiger partial charge in [-0.05, 0) is 19.8 Å². The van der Waals surface area contributed by atoms with Gasteiger partial charge in [-0.3, -0.25) is 14.5 Å². The van der Waals surface area contributed by atoms with Crippen molar-refractivity contribution in [3.63, 3.8) is 0 Å². The number of unbranched alkanes of at least 4 members (excludes halogenated alkanes) is 7. The number of carboxylic acid groups (broad SMARTS) is 1. The van der Waals surface area contributed by atoms with Crippen molar-refractivity contribution in [1.29, 1.82) is 0 Å². The zero-order valence-electron chi connectivity index (χ0n) is 19.0. The summed E-state index contributed by atoms with van der Waals surface area (Å²) in [5.41, 5.74) is 0. The minimum atomic E-state index is -0.694. The van der Waals surface area contributed by atoms with Crippen LogP contribution in [-0.4, -0.2) is 86.8 Å². The molecule has 1 rings (SSSR count). The first kappa shape index (κ1) is 26.8. The van der Waals surface area contributed by atoms with Crippen LogP contribution >= 0.6 is 0 Å². The molecule has 8 heteroatoms. The fraction of sp³-hybridized carbons (Fsp3) is 0.909. The summed E-state index contributed by atoms with van der Waals surface area (Å²) in [5, 5.41) is 22.0. The minimum absolute atomic E-state index is 0.111. The highest BCUT2D eigenvalue weighted by Crippen LogP contribution is 2.09. The molecule has 0 spiro atoms. The maximum absolute atomic E-state index is 12.6. The molecule has 0 bridgehead atoms. The molecule has 5 N–H and O–H groups in total. The molecule has 1 unspecified atom stereocenters. The summed E-state index contributed by atoms with van der Waals surface area (Å²) in [5.74, 6) is -0.567. The molecule has 0 saturated carbocycles. The molecule has 1 aliphatic rings. The molecule has 176 valence electrons. The third-order valence-corrected chi connectivity index (χ3v) is 5.65. The average molecular weight is 428 g/mol. The normalized spacial score (nSPS) is 18.2. The predicted octanol–water partition coefficient (Wildman–Crippen LogP) is 1.17. The Kier molecular flexibility index (Phi) is 16.6. The van der Waals surface area contributed by atoms with Crippen LogP contribution < -0.4 is 21.3 Å². The molecule has 1 fully saturated rings. The number of aliphatic carboxylic acids is 1. The number of amides is 1. The number of carbonyl (C=O) groups excluding carboxylic acids is 1. The van der Waals surface area contributed by atoms with Crippen molar-refractivity contribution in [2.75, 3.05) is 58.9 Å². The standard InChI is InChI=1S/C22H45N5O3/c1-20(27-18-16-24-14-12-23-13-15-25-17-19-27)22(30)26-11-9-7-5-3-2-4-6-8-10-21(28)29/h20,23-25H,2-19H2,1H3,(H,26,30)(H,28,29). The van der Waals surface area contributed by atoms with Crippen molar-refractivity contribution >= 4 is 11.9 Å². The predicted molar refractivity (Wildman–Crippen MR) is 122 cm³/mol. The van der Waals surface area contributed by atoms with Gasteiger partial charge in [0.05, 0.1) is 6.04 Å². The topological polar surface area (TPSA) is 106 Å². The average Bonchev–Trinajstić information content (AvgIpc) is 2.71. The number of rotatable bonds is 13. The van der Waals surface area contributed by atoms with E-state index < -0.39 is 5.97 Å². The lowest BCUT2D eigenvalue weighted by Crippen LogP contribution is -2.50. The maximum Gasteiger partial charge on any atom is 0.303 e. The van der Waals surface area contributed by atoms with Crippen molar-refractivity contribution < 1.29 is 14.7 Å². The first-order valence-electron chi connectivity index (χ1n) is 12.0. The summed E-state index contributed by atoms with van der Waals surface area (Å²) in [7, 11) is 0. The SMILES string of the molecule is CC(C(=O)NCCCCCCCCCCC(=O)O)N1CCNCCNCCNCC1. The third kappa shape index (κ3) is 14.7. The molecule has 1 aliphatic heterocycles. The fourth-order valence-electron chi connectivity index (χ4n) is 3.66. The van der Waals surface area contributed by atoms with Gasteiger partial charge in [0.1, 0.15) is 0 Å². The molecular weight excluding hydrogens is 382 g/mol. The van der Waals surface area contributed by atoms with E-state index in [1.807, 2.05) is 6.92 Å². The lowest BCUT2D eigenvalue weighted by atomic mass is 10.1. The Bertz CT molecular complexity index is 438. The van der Waals surface area contributed by atoms with Crippen molar-refractivity contribution in [2.45, 2.75) is 70.8 Å². The highest BCUT2D eigenvalue weighted by Gasteiger charge is 2.20. The van der Waals surface area contributed by atoms with Crippen molar-refractivity contribution in [2.24, 2.45) is 0 Å². The summed E-state index contributed by atoms with van der Waals surface area (Å²) < 4.78 is 0. The Hall–Kier alpha value is -1.22. The number of carboxylic acids is 1. The molecule has 30 heavy (non-hydrogen) atoms. The monoisotopic (exact) mass is 427 g/mol. The fourth-order valence-corrected chi connectivity index (χ4v) is 3.66. The molecule has 8 nitrogen and oxygen atoms in total. The molecule has 1 saturated heterocycles. The molecule has 1 heterocycles. The molecule has 0 aliphatic carbocycles. The van der Waals surface area contributed by atoms with Crippen LogP contribution in [0.4, 0.5) is 0 Å². The first-order valence-corrected chi connectivity index (χ1v) is 12.0. The second-order valence-electron chi connectivity index (χ2n) is 8.23. The first-order chi connectivity index (χ1) is 14.6. The number of carbonyl (C=O) groups is 2. The molecule has 0 aromatic carbocycles. The van der Waals surface area contributed by atoms with Crippen molar-refractivity contribution in [3.05, 3.63) is 0 Å². The summed E-state index contributed by atoms with van der Waals surface area (Å²) in [6, 6.07) is -0.111. The van der Waals surface area contributed by atoms with Gasteiger partial charge in [0.15, 0.2) is 0 Å². The van der Waals surface area contributed by atoms with Crippen LogP contribution in [0.25, 0.3) is 0 Å². The van der Waals surface area contributed by atoms with Gasteiger partial charge in [0.25, 0.3) is 0 Å². The minimum Gasteiger partial charge on any atom is -0.481 e. The lowest BCUT2D eigenvalue weighted by Gasteiger charge is -2.29. The molecule has 0 aromatic rings. The summed E-state index contributed by atoms with van der Waals surface area (Å²) >= 11 is 0. The second kappa shape index (κ2) is 18.5. The van der Waals surface area contributed by atoms with Gasteiger partial charge in [-0.25, -0.2) is 0 Å². The van der Waals surface area contributed by atoms with E-state index in [1.54, 1.807) is 0 Å². The highest BCUT2D eigenvalue weighted by atomic mass is 16.4. The Morgan fingerprint density at radius 1 is 0.800 bits per heavy atom. The molecule has 0 radical (unpaired) electrons. The highest BCUT2D eigenvalue weighted by molar-refractivity contribution is 5.81. The van der Waals surface area contributed by atoms with Crippen LogP contribution in [0, 0.1) is 0 Å². The molecule has 1 amide bonds. The van der Waals surface area contributed by atoms with Crippen molar-refractivity contribution in [1.82, 2.24) is 26.2 Å². The van der Waals surface area contributed by atoms with Crippen LogP contribution in [-0.2, 0) is 9.59 Å². The van der Waals surface area contributed by atoms with Gasteiger partial charge >= 0.3 is 5.97 Å². The lowest BCUT2D eigenvalue weighted by molar-refractivity contribution is -0.137. The third-order valence-electron chi connectivity index (χ3n) is 5.65. The van der Waals surface area contributed by atoms with Crippen LogP contribution in [0.3, 0.4) is 0 Å². The van der Waals surface area contributed by atoms with E-state index in [9.17, 15) is 9.59 Å². The van der Waals surface area contributed by atoms with E-state index >= 15 is 0 Å². The van der Waals surface area contributed by atoms with Gasteiger partial charge in [0, 0.05) is 65.3 Å². The van der Waals surface area contributed by atoms with E-state index in [2.05, 4.69) is 26.2 Å². The van der Waals surface area contributed by atoms with Gasteiger partial charge in [0.2, 0.25) is 5.91 Å². The smallest absolute Gasteiger partial charge is 0.303 e. The zero-order valence-corrected chi connectivity index (χ0v) is 19.0. The van der Waals surface area contributed by atoms with E-state index in [4.69, 9.17) is 5.11 Å². The Morgan fingerprint density at radius 2 is 1.27 bits per heavy atom. The molecular formula is C22H45N5O3. The van der Waals surface area contributed by atoms with Crippen LogP contribution in [0.5, 0.6) is 0 Å². The van der Waals surface area contributed by atoms with Gasteiger partial charge in [-0.2, -0.15) is 0 Å². The number of nitrogens with zero attached hydrogens (tertiary/aromatic N) is 1. The quantitative estimate of drug-likeness (QED) is 0.281. The number of hydrogen-bond acceptors (Lipinski definition) is 6. The van der Waals surface area contributed by atoms with Crippen LogP contribution in [0.15, 0.2) is 0 Å². The number of nitrogens with one attached hydrogen (secondary N) is 4. The van der Waals surface area contributed by atoms with Gasteiger partial charge in [-0.1, -0.05) is 38.5 Å². The Balaban J connectivity index is 2.08. The maximum atomic E-state index is 12.6. The van der Waals surface area contributed by atoms with E-state index in [0.29, 0.717) is 6.42 Å². The zero-order chi connectivity index (χ0) is 21.9. The summed E-state index contributed by atoms with van der Waals surface area (Å²) in [4.78, 5) is 25.3. The number of hydrogen-bond donors (Lipinski definition) is 5. The van der Waals surface area contributed by atoms with E-state index in [0.717, 1.165) is 91.0 Å². The largest absolute Gasteiger partial charge is 0.481 e. The van der Waals surface area contributed by atoms with E-state index in [-0.39, 0.29) is 11.9 Å². The molecule has 1 atom stereocenters.